The summed E-state index contributed by atoms with van der Waals surface area (Å²) in [5.74, 6) is 0.946. The van der Waals surface area contributed by atoms with Gasteiger partial charge in [0.2, 0.25) is 0 Å². The second-order valence-electron chi connectivity index (χ2n) is 5.13. The predicted octanol–water partition coefficient (Wildman–Crippen LogP) is 1.09. The molecule has 1 saturated heterocycles. The second kappa shape index (κ2) is 6.25. The molecule has 0 saturated carbocycles. The van der Waals surface area contributed by atoms with Gasteiger partial charge in [-0.05, 0) is 19.8 Å². The number of hydrogen-bond acceptors (Lipinski definition) is 5. The van der Waals surface area contributed by atoms with E-state index < -0.39 is 10.2 Å². The lowest BCUT2D eigenvalue weighted by atomic mass is 10.1. The van der Waals surface area contributed by atoms with Gasteiger partial charge in [-0.15, -0.1) is 0 Å². The van der Waals surface area contributed by atoms with Crippen molar-refractivity contribution in [3.8, 4) is 0 Å². The Hall–Kier alpha value is -1.25. The van der Waals surface area contributed by atoms with Gasteiger partial charge in [-0.25, -0.2) is 9.97 Å². The molecule has 0 aromatic carbocycles. The molecule has 2 heterocycles. The van der Waals surface area contributed by atoms with Gasteiger partial charge in [-0.3, -0.25) is 0 Å². The minimum atomic E-state index is -3.46. The number of anilines is 1. The minimum absolute atomic E-state index is 0.250. The first-order valence-electron chi connectivity index (χ1n) is 7.28. The van der Waals surface area contributed by atoms with Crippen molar-refractivity contribution in [3.05, 3.63) is 17.6 Å². The topological polar surface area (TPSA) is 92.4 Å². The molecule has 0 amide bonds. The molecule has 1 aliphatic heterocycles. The second-order valence-corrected chi connectivity index (χ2v) is 7.01. The quantitative estimate of drug-likeness (QED) is 0.878. The highest BCUT2D eigenvalue weighted by Crippen LogP contribution is 2.34. The molecule has 0 radical (unpaired) electrons. The van der Waals surface area contributed by atoms with Gasteiger partial charge in [0.05, 0.1) is 11.7 Å². The molecule has 1 aliphatic rings. The van der Waals surface area contributed by atoms with Crippen LogP contribution in [0.25, 0.3) is 0 Å². The summed E-state index contributed by atoms with van der Waals surface area (Å²) >= 11 is 0. The van der Waals surface area contributed by atoms with Crippen LogP contribution in [0.2, 0.25) is 0 Å². The molecule has 0 unspecified atom stereocenters. The average molecular weight is 313 g/mol. The third-order valence-corrected chi connectivity index (χ3v) is 5.95. The lowest BCUT2D eigenvalue weighted by molar-refractivity contribution is 0.334. The molecule has 0 spiro atoms. The first-order valence-corrected chi connectivity index (χ1v) is 8.67. The molecular weight excluding hydrogens is 290 g/mol. The van der Waals surface area contributed by atoms with E-state index in [1.165, 1.54) is 4.31 Å². The van der Waals surface area contributed by atoms with Crippen molar-refractivity contribution in [2.45, 2.75) is 39.7 Å². The SMILES string of the molecule is CCN(CC)S(=O)(=O)N1CCC[C@H]1c1cc(N)nc(C)n1. The van der Waals surface area contributed by atoms with Crippen LogP contribution in [0.3, 0.4) is 0 Å². The standard InChI is InChI=1S/C13H23N5O2S/c1-4-17(5-2)21(19,20)18-8-6-7-12(18)11-9-13(14)16-10(3)15-11/h9,12H,4-8H2,1-3H3,(H2,14,15,16)/t12-/m0/s1. The number of nitrogens with zero attached hydrogens (tertiary/aromatic N) is 4. The lowest BCUT2D eigenvalue weighted by Crippen LogP contribution is -2.43. The molecule has 1 atom stereocenters. The van der Waals surface area contributed by atoms with Crippen molar-refractivity contribution in [2.24, 2.45) is 0 Å². The molecule has 8 heteroatoms. The van der Waals surface area contributed by atoms with Crippen LogP contribution in [0, 0.1) is 6.92 Å². The molecule has 21 heavy (non-hydrogen) atoms. The maximum atomic E-state index is 12.7. The van der Waals surface area contributed by atoms with Crippen LogP contribution in [-0.4, -0.2) is 46.6 Å². The van der Waals surface area contributed by atoms with Crippen molar-refractivity contribution < 1.29 is 8.42 Å². The van der Waals surface area contributed by atoms with Crippen LogP contribution >= 0.6 is 0 Å². The van der Waals surface area contributed by atoms with E-state index in [1.807, 2.05) is 13.8 Å². The van der Waals surface area contributed by atoms with Gasteiger partial charge in [0, 0.05) is 25.7 Å². The zero-order valence-electron chi connectivity index (χ0n) is 12.8. The summed E-state index contributed by atoms with van der Waals surface area (Å²) in [6.07, 6.45) is 1.59. The Kier molecular flexibility index (Phi) is 4.80. The van der Waals surface area contributed by atoms with Crippen LogP contribution in [-0.2, 0) is 10.2 Å². The van der Waals surface area contributed by atoms with E-state index >= 15 is 0 Å². The fourth-order valence-electron chi connectivity index (χ4n) is 2.80. The Labute approximate surface area is 126 Å². The van der Waals surface area contributed by atoms with E-state index in [2.05, 4.69) is 9.97 Å². The molecule has 1 aromatic rings. The van der Waals surface area contributed by atoms with Gasteiger partial charge in [0.15, 0.2) is 0 Å². The molecule has 2 rings (SSSR count). The maximum absolute atomic E-state index is 12.7. The van der Waals surface area contributed by atoms with Crippen molar-refractivity contribution in [1.29, 1.82) is 0 Å². The predicted molar refractivity (Wildman–Crippen MR) is 81.7 cm³/mol. The van der Waals surface area contributed by atoms with E-state index in [0.29, 0.717) is 37.0 Å². The molecule has 2 N–H and O–H groups in total. The van der Waals surface area contributed by atoms with Crippen LogP contribution < -0.4 is 5.73 Å². The molecule has 1 fully saturated rings. The van der Waals surface area contributed by atoms with Crippen LogP contribution in [0.4, 0.5) is 5.82 Å². The van der Waals surface area contributed by atoms with Gasteiger partial charge in [-0.2, -0.15) is 17.0 Å². The third-order valence-electron chi connectivity index (χ3n) is 3.75. The fourth-order valence-corrected chi connectivity index (χ4v) is 4.64. The summed E-state index contributed by atoms with van der Waals surface area (Å²) in [6, 6.07) is 1.42. The number of aromatic nitrogens is 2. The zero-order valence-corrected chi connectivity index (χ0v) is 13.6. The summed E-state index contributed by atoms with van der Waals surface area (Å²) in [6.45, 7) is 6.91. The number of nitrogens with two attached hydrogens (primary N) is 1. The van der Waals surface area contributed by atoms with Gasteiger partial charge >= 0.3 is 0 Å². The van der Waals surface area contributed by atoms with Crippen molar-refractivity contribution in [3.63, 3.8) is 0 Å². The zero-order chi connectivity index (χ0) is 15.6. The Morgan fingerprint density at radius 1 is 1.38 bits per heavy atom. The molecule has 0 aliphatic carbocycles. The maximum Gasteiger partial charge on any atom is 0.282 e. The van der Waals surface area contributed by atoms with Gasteiger partial charge in [0.1, 0.15) is 11.6 Å². The fraction of sp³-hybridized carbons (Fsp3) is 0.692. The summed E-state index contributed by atoms with van der Waals surface area (Å²) in [5, 5.41) is 0. The molecule has 0 bridgehead atoms. The highest BCUT2D eigenvalue weighted by molar-refractivity contribution is 7.86. The summed E-state index contributed by atoms with van der Waals surface area (Å²) in [4.78, 5) is 8.42. The van der Waals surface area contributed by atoms with Crippen LogP contribution in [0.5, 0.6) is 0 Å². The molecule has 1 aromatic heterocycles. The van der Waals surface area contributed by atoms with E-state index in [-0.39, 0.29) is 6.04 Å². The van der Waals surface area contributed by atoms with Gasteiger partial charge in [-0.1, -0.05) is 13.8 Å². The van der Waals surface area contributed by atoms with Crippen LogP contribution in [0.1, 0.15) is 44.2 Å². The first kappa shape index (κ1) is 16.1. The highest BCUT2D eigenvalue weighted by Gasteiger charge is 2.38. The van der Waals surface area contributed by atoms with Gasteiger partial charge < -0.3 is 5.73 Å². The Bertz CT molecular complexity index is 580. The van der Waals surface area contributed by atoms with Crippen molar-refractivity contribution in [1.82, 2.24) is 18.6 Å². The largest absolute Gasteiger partial charge is 0.384 e. The Balaban J connectivity index is 2.36. The normalized spacial score (nSPS) is 20.3. The number of hydrogen-bond donors (Lipinski definition) is 1. The Morgan fingerprint density at radius 2 is 2.05 bits per heavy atom. The molecular formula is C13H23N5O2S. The van der Waals surface area contributed by atoms with Crippen molar-refractivity contribution >= 4 is 16.0 Å². The van der Waals surface area contributed by atoms with Gasteiger partial charge in [0.25, 0.3) is 10.2 Å². The lowest BCUT2D eigenvalue weighted by Gasteiger charge is -2.29. The highest BCUT2D eigenvalue weighted by atomic mass is 32.2. The van der Waals surface area contributed by atoms with E-state index in [9.17, 15) is 8.42 Å². The summed E-state index contributed by atoms with van der Waals surface area (Å²) in [7, 11) is -3.46. The average Bonchev–Trinajstić information content (AvgIpc) is 2.88. The minimum Gasteiger partial charge on any atom is -0.384 e. The first-order chi connectivity index (χ1) is 9.90. The third kappa shape index (κ3) is 3.17. The summed E-state index contributed by atoms with van der Waals surface area (Å²) < 4.78 is 28.5. The molecule has 7 nitrogen and oxygen atoms in total. The van der Waals surface area contributed by atoms with E-state index in [4.69, 9.17) is 5.73 Å². The Morgan fingerprint density at radius 3 is 2.62 bits per heavy atom. The number of nitrogen functional groups attached to an aromatic ring is 1. The van der Waals surface area contributed by atoms with Crippen LogP contribution in [0.15, 0.2) is 6.07 Å². The smallest absolute Gasteiger partial charge is 0.282 e. The van der Waals surface area contributed by atoms with E-state index in [1.54, 1.807) is 17.3 Å². The monoisotopic (exact) mass is 313 g/mol. The molecule has 118 valence electrons. The van der Waals surface area contributed by atoms with E-state index in [0.717, 1.165) is 12.8 Å². The number of aryl methyl sites for hydroxylation is 1. The van der Waals surface area contributed by atoms with Crippen molar-refractivity contribution in [2.75, 3.05) is 25.4 Å². The number of rotatable bonds is 5. The summed E-state index contributed by atoms with van der Waals surface area (Å²) in [5.41, 5.74) is 6.45.